The van der Waals surface area contributed by atoms with E-state index in [0.29, 0.717) is 0 Å². The molecule has 8 heteroatoms. The van der Waals surface area contributed by atoms with Gasteiger partial charge in [0.2, 0.25) is 0 Å². The van der Waals surface area contributed by atoms with Gasteiger partial charge in [-0.25, -0.2) is 0 Å². The molecule has 0 unspecified atom stereocenters. The van der Waals surface area contributed by atoms with Crippen molar-refractivity contribution in [1.29, 1.82) is 0 Å². The molecule has 0 saturated carbocycles. The molecule has 0 amide bonds. The molecule has 0 aliphatic rings. The van der Waals surface area contributed by atoms with Crippen LogP contribution in [0, 0.1) is 15.5 Å². The normalized spacial score (nSPS) is 12.8. The second kappa shape index (κ2) is 5.76. The Hall–Kier alpha value is -1.67. The summed E-state index contributed by atoms with van der Waals surface area (Å²) in [5.74, 6) is -0.813. The van der Waals surface area contributed by atoms with Gasteiger partial charge in [0, 0.05) is 23.7 Å². The van der Waals surface area contributed by atoms with Crippen LogP contribution in [0.15, 0.2) is 16.6 Å². The highest BCUT2D eigenvalue weighted by atomic mass is 79.9. The van der Waals surface area contributed by atoms with Crippen molar-refractivity contribution < 1.29 is 19.6 Å². The van der Waals surface area contributed by atoms with Crippen LogP contribution >= 0.6 is 15.9 Å². The lowest BCUT2D eigenvalue weighted by Gasteiger charge is -2.29. The van der Waals surface area contributed by atoms with Crippen LogP contribution in [0.3, 0.4) is 0 Å². The predicted molar refractivity (Wildman–Crippen MR) is 75.2 cm³/mol. The van der Waals surface area contributed by atoms with Crippen LogP contribution in [0.2, 0.25) is 0 Å². The van der Waals surface area contributed by atoms with E-state index in [1.165, 1.54) is 21.0 Å². The Morgan fingerprint density at radius 3 is 2.55 bits per heavy atom. The maximum absolute atomic E-state index is 11.7. The Morgan fingerprint density at radius 1 is 1.55 bits per heavy atom. The number of phenolic OH excluding ortho intramolecular Hbond substituents is 1. The van der Waals surface area contributed by atoms with Gasteiger partial charge in [-0.3, -0.25) is 14.9 Å². The van der Waals surface area contributed by atoms with Gasteiger partial charge >= 0.3 is 5.97 Å². The molecule has 1 rings (SSSR count). The summed E-state index contributed by atoms with van der Waals surface area (Å²) < 4.78 is 4.80. The molecule has 1 aromatic carbocycles. The second-order valence-electron chi connectivity index (χ2n) is 4.81. The van der Waals surface area contributed by atoms with E-state index in [1.54, 1.807) is 0 Å². The topological polar surface area (TPSA) is 116 Å². The molecular formula is C12H15BrN2O5. The van der Waals surface area contributed by atoms with Crippen molar-refractivity contribution in [3.05, 3.63) is 32.3 Å². The summed E-state index contributed by atoms with van der Waals surface area (Å²) in [5, 5.41) is 20.8. The Bertz CT molecular complexity index is 559. The van der Waals surface area contributed by atoms with Crippen LogP contribution < -0.4 is 5.73 Å². The fourth-order valence-corrected chi connectivity index (χ4v) is 2.19. The zero-order valence-corrected chi connectivity index (χ0v) is 12.8. The van der Waals surface area contributed by atoms with E-state index in [0.717, 1.165) is 12.1 Å². The molecule has 110 valence electrons. The number of benzene rings is 1. The maximum Gasteiger partial charge on any atom is 0.313 e. The summed E-state index contributed by atoms with van der Waals surface area (Å²) >= 11 is 3.03. The van der Waals surface area contributed by atoms with E-state index < -0.39 is 22.3 Å². The number of hydrogen-bond acceptors (Lipinski definition) is 6. The van der Waals surface area contributed by atoms with E-state index in [2.05, 4.69) is 20.7 Å². The number of halogens is 1. The van der Waals surface area contributed by atoms with Gasteiger partial charge in [0.05, 0.1) is 21.9 Å². The summed E-state index contributed by atoms with van der Waals surface area (Å²) in [5.41, 5.74) is 4.70. The number of nitro groups is 1. The van der Waals surface area contributed by atoms with Crippen LogP contribution in [0.25, 0.3) is 0 Å². The molecule has 1 atom stereocenters. The highest BCUT2D eigenvalue weighted by molar-refractivity contribution is 9.10. The van der Waals surface area contributed by atoms with Gasteiger partial charge in [0.25, 0.3) is 5.69 Å². The van der Waals surface area contributed by atoms with Crippen molar-refractivity contribution in [2.75, 3.05) is 7.11 Å². The lowest BCUT2D eigenvalue weighted by atomic mass is 9.80. The van der Waals surface area contributed by atoms with Gasteiger partial charge in [-0.2, -0.15) is 0 Å². The van der Waals surface area contributed by atoms with Crippen molar-refractivity contribution >= 4 is 27.6 Å². The SMILES string of the molecule is COC(=O)C(C)(C)[C@H](N)c1cc([N+](=O)[O-])cc(Br)c1O. The Kier molecular flexibility index (Phi) is 4.72. The smallest absolute Gasteiger partial charge is 0.313 e. The summed E-state index contributed by atoms with van der Waals surface area (Å²) in [7, 11) is 1.22. The number of nitrogens with zero attached hydrogens (tertiary/aromatic N) is 1. The zero-order valence-electron chi connectivity index (χ0n) is 11.2. The number of nitro benzene ring substituents is 1. The average Bonchev–Trinajstić information content (AvgIpc) is 2.39. The molecule has 0 bridgehead atoms. The van der Waals surface area contributed by atoms with E-state index >= 15 is 0 Å². The van der Waals surface area contributed by atoms with Crippen molar-refractivity contribution in [1.82, 2.24) is 0 Å². The molecule has 3 N–H and O–H groups in total. The largest absolute Gasteiger partial charge is 0.506 e. The number of hydrogen-bond donors (Lipinski definition) is 2. The number of ether oxygens (including phenoxy) is 1. The van der Waals surface area contributed by atoms with E-state index in [4.69, 9.17) is 5.73 Å². The quantitative estimate of drug-likeness (QED) is 0.490. The summed E-state index contributed by atoms with van der Waals surface area (Å²) in [6.07, 6.45) is 0. The number of phenols is 1. The highest BCUT2D eigenvalue weighted by Crippen LogP contribution is 2.41. The Morgan fingerprint density at radius 2 is 2.10 bits per heavy atom. The summed E-state index contributed by atoms with van der Waals surface area (Å²) in [4.78, 5) is 22.0. The number of esters is 1. The first-order valence-corrected chi connectivity index (χ1v) is 6.43. The van der Waals surface area contributed by atoms with Crippen LogP contribution in [0.4, 0.5) is 5.69 Å². The van der Waals surface area contributed by atoms with E-state index in [-0.39, 0.29) is 21.5 Å². The first-order chi connectivity index (χ1) is 9.12. The monoisotopic (exact) mass is 346 g/mol. The number of rotatable bonds is 4. The molecule has 0 aliphatic carbocycles. The zero-order chi connectivity index (χ0) is 15.7. The van der Waals surface area contributed by atoms with Gasteiger partial charge < -0.3 is 15.6 Å². The Labute approximate surface area is 124 Å². The van der Waals surface area contributed by atoms with Crippen molar-refractivity contribution in [3.63, 3.8) is 0 Å². The van der Waals surface area contributed by atoms with Gasteiger partial charge in [-0.05, 0) is 29.8 Å². The van der Waals surface area contributed by atoms with Crippen molar-refractivity contribution in [3.8, 4) is 5.75 Å². The molecule has 0 radical (unpaired) electrons. The van der Waals surface area contributed by atoms with Crippen molar-refractivity contribution in [2.24, 2.45) is 11.1 Å². The number of methoxy groups -OCH3 is 1. The van der Waals surface area contributed by atoms with Crippen LogP contribution in [0.5, 0.6) is 5.75 Å². The molecule has 0 spiro atoms. The third-order valence-corrected chi connectivity index (χ3v) is 3.72. The standard InChI is InChI=1S/C12H15BrN2O5/c1-12(2,11(17)20-3)10(14)7-4-6(15(18)19)5-8(13)9(7)16/h4-5,10,16H,14H2,1-3H3/t10-/m1/s1. The van der Waals surface area contributed by atoms with Crippen molar-refractivity contribution in [2.45, 2.75) is 19.9 Å². The lowest BCUT2D eigenvalue weighted by Crippen LogP contribution is -2.37. The minimum absolute atomic E-state index is 0.0986. The van der Waals surface area contributed by atoms with Crippen LogP contribution in [0.1, 0.15) is 25.5 Å². The molecule has 0 aromatic heterocycles. The predicted octanol–water partition coefficient (Wildman–Crippen LogP) is 2.26. The highest BCUT2D eigenvalue weighted by Gasteiger charge is 2.38. The molecule has 0 fully saturated rings. The Balaban J connectivity index is 3.38. The second-order valence-corrected chi connectivity index (χ2v) is 5.67. The first-order valence-electron chi connectivity index (χ1n) is 5.63. The minimum atomic E-state index is -1.15. The maximum atomic E-state index is 11.7. The number of carbonyl (C=O) groups is 1. The van der Waals surface area contributed by atoms with Gasteiger partial charge in [-0.15, -0.1) is 0 Å². The third-order valence-electron chi connectivity index (χ3n) is 3.11. The fraction of sp³-hybridized carbons (Fsp3) is 0.417. The van der Waals surface area contributed by atoms with Gasteiger partial charge in [0.1, 0.15) is 5.75 Å². The number of non-ortho nitro benzene ring substituents is 1. The van der Waals surface area contributed by atoms with Gasteiger partial charge in [-0.1, -0.05) is 0 Å². The first kappa shape index (κ1) is 16.4. The molecule has 1 aromatic rings. The average molecular weight is 347 g/mol. The number of aromatic hydroxyl groups is 1. The van der Waals surface area contributed by atoms with E-state index in [9.17, 15) is 20.0 Å². The molecular weight excluding hydrogens is 332 g/mol. The molecule has 0 heterocycles. The summed E-state index contributed by atoms with van der Waals surface area (Å²) in [6, 6.07) is 1.35. The van der Waals surface area contributed by atoms with Gasteiger partial charge in [0.15, 0.2) is 0 Å². The number of carbonyl (C=O) groups excluding carboxylic acids is 1. The third kappa shape index (κ3) is 2.91. The molecule has 0 aliphatic heterocycles. The van der Waals surface area contributed by atoms with Crippen LogP contribution in [-0.4, -0.2) is 23.1 Å². The lowest BCUT2D eigenvalue weighted by molar-refractivity contribution is -0.385. The summed E-state index contributed by atoms with van der Waals surface area (Å²) in [6.45, 7) is 3.07. The molecule has 0 saturated heterocycles. The molecule has 7 nitrogen and oxygen atoms in total. The minimum Gasteiger partial charge on any atom is -0.506 e. The molecule has 20 heavy (non-hydrogen) atoms. The fourth-order valence-electron chi connectivity index (χ4n) is 1.73. The number of nitrogens with two attached hydrogens (primary N) is 1. The van der Waals surface area contributed by atoms with E-state index in [1.807, 2.05) is 0 Å². The van der Waals surface area contributed by atoms with Crippen LogP contribution in [-0.2, 0) is 9.53 Å².